The molecule has 12 aromatic carbocycles. The number of hydrogen-bond acceptors (Lipinski definition) is 9. The third-order valence-corrected chi connectivity index (χ3v) is 20.9. The molecule has 0 aliphatic rings. The molecule has 0 amide bonds. The predicted octanol–water partition coefficient (Wildman–Crippen LogP) is 31.2. The Balaban J connectivity index is 0.000000208. The Morgan fingerprint density at radius 3 is 1.03 bits per heavy atom. The minimum absolute atomic E-state index is 0. The Labute approximate surface area is 850 Å². The van der Waals surface area contributed by atoms with Gasteiger partial charge in [0.2, 0.25) is 0 Å². The van der Waals surface area contributed by atoms with Crippen LogP contribution in [0.4, 0.5) is 13.2 Å². The molecular formula is C117H127F3Ir2N4O7S-2. The number of alkyl halides is 3. The maximum Gasteiger partial charge on any atom is 0.522 e. The molecule has 2 radical (unpaired) electrons. The van der Waals surface area contributed by atoms with Crippen LogP contribution in [0.5, 0.6) is 0 Å². The first-order chi connectivity index (χ1) is 71.6. The van der Waals surface area contributed by atoms with Crippen LogP contribution in [0.2, 0.25) is 0 Å². The maximum absolute atomic E-state index is 10.7. The van der Waals surface area contributed by atoms with Crippen LogP contribution in [0.1, 0.15) is 213 Å². The van der Waals surface area contributed by atoms with Crippen molar-refractivity contribution in [2.75, 3.05) is 14.2 Å². The molecule has 0 spiro atoms. The van der Waals surface area contributed by atoms with E-state index >= 15 is 0 Å². The van der Waals surface area contributed by atoms with E-state index in [1.54, 1.807) is 161 Å². The molecule has 0 atom stereocenters. The molecule has 11 nitrogen and oxygen atoms in total. The molecule has 0 unspecified atom stereocenters. The molecule has 0 aliphatic heterocycles. The van der Waals surface area contributed by atoms with Crippen LogP contribution < -0.4 is 0 Å². The van der Waals surface area contributed by atoms with E-state index in [2.05, 4.69) is 147 Å². The van der Waals surface area contributed by atoms with Gasteiger partial charge in [0.05, 0.1) is 11.3 Å². The fourth-order valence-electron chi connectivity index (χ4n) is 15.5. The van der Waals surface area contributed by atoms with Crippen molar-refractivity contribution in [2.24, 2.45) is 32.5 Å². The van der Waals surface area contributed by atoms with Crippen LogP contribution >= 0.6 is 0 Å². The monoisotopic (exact) mass is 2200 g/mol. The van der Waals surface area contributed by atoms with Gasteiger partial charge in [-0.3, -0.25) is 9.54 Å². The third kappa shape index (κ3) is 25.5. The number of aryl methyl sites for hydroxylation is 4. The van der Waals surface area contributed by atoms with Crippen molar-refractivity contribution in [3.8, 4) is 45.0 Å². The molecule has 6 aromatic heterocycles. The van der Waals surface area contributed by atoms with Gasteiger partial charge in [-0.25, -0.2) is 0 Å². The van der Waals surface area contributed by atoms with Gasteiger partial charge in [0.1, 0.15) is 23.9 Å². The van der Waals surface area contributed by atoms with Crippen molar-refractivity contribution in [2.45, 2.75) is 196 Å². The predicted molar refractivity (Wildman–Crippen MR) is 548 cm³/mol. The Kier molecular flexibility index (Phi) is 24.1. The SMILES string of the molecule is CO.C[OH2+].O=S(=O)(O)C(F)(F)F.[2H]C([2H])([2H])c1c[c-]c(-c2cc(C([2H])([2H])C(C)(C)C)c(C([2H])([2H])C(C)(C)C)cn2)cc1.[2H]C([2H])([2H])c1c[c-]c(-c2cc(C([2H])([2H])C(C)(C)C)c(C([2H])([2H])C(C)(C)C)cn2)cc1.[2H]C([2H])([2H])c1cnc(-c2[c-]ccc3c2oc2ccc4c5ccccc5c5ccccc5c4c23)cc1C([2H])([2H])C(C)(C)C.[2H]C([2H])([2H])c1cnc(-c2cccc3c2oc2ccc4c5ccccc5c5ccccc5c4c23)cc1C([2H])([2H])C(C)(C)C.[Ir].[Ir]. The summed E-state index contributed by atoms with van der Waals surface area (Å²) in [6.45, 7) is 22.5. The van der Waals surface area contributed by atoms with Crippen molar-refractivity contribution < 1.29 is 118 Å². The van der Waals surface area contributed by atoms with E-state index in [9.17, 15) is 13.2 Å². The number of aliphatic hydroxyl groups is 1. The van der Waals surface area contributed by atoms with Crippen molar-refractivity contribution in [1.29, 1.82) is 0 Å². The second-order valence-electron chi connectivity index (χ2n) is 38.0. The number of halogens is 3. The zero-order valence-corrected chi connectivity index (χ0v) is 84.1. The summed E-state index contributed by atoms with van der Waals surface area (Å²) in [5.41, 5.74) is -2.35. The minimum Gasteiger partial charge on any atom is -0.501 e. The average molecular weight is 2200 g/mol. The van der Waals surface area contributed by atoms with Crippen LogP contribution in [0, 0.1) is 78.1 Å². The Morgan fingerprint density at radius 2 is 0.672 bits per heavy atom. The molecule has 0 bridgehead atoms. The molecule has 17 heteroatoms. The molecular weight excluding hydrogens is 2050 g/mol. The standard InChI is InChI=1S/C35H29NO.C35H28NO.2C22H30N.CHF3O3S.2CH4O.2Ir/c2*1-21-20-36-30(18-22(21)19-35(2,3)4)28-14-9-15-29-33-31(37-34(28)29)17-16-27-25-12-6-5-10-23(25)24-11-7-8-13-26(24)32(27)33;2*1-16-8-10-17(11-9-16)20-12-18(13-21(2,3)4)19(15-23-20)14-22(5,6)7;2-1(3,4)8(5,6)7;2*1-2;;/h5-18,20H,19H2,1-4H3;5-13,15-18,20H,19H2,1-4H3;2*8-10,12,15H,13-14H2,1-7H3;(H,5,6,7);2*2H,1H3;;/q;3*-1;;;;;/p+1/i2*1D3,19D2;2*1D3,13D2,14D2;;;;;. The summed E-state index contributed by atoms with van der Waals surface area (Å²) in [4.78, 5) is 17.9. The zero-order chi connectivity index (χ0) is 117. The molecule has 0 saturated carbocycles. The Hall–Kier alpha value is -10.7. The molecule has 6 heterocycles. The van der Waals surface area contributed by atoms with E-state index in [1.807, 2.05) is 42.5 Å². The molecule has 0 fully saturated rings. The van der Waals surface area contributed by atoms with Gasteiger partial charge in [-0.05, 0) is 225 Å². The van der Waals surface area contributed by atoms with E-state index in [4.69, 9.17) is 64.9 Å². The molecule has 4 N–H and O–H groups in total. The van der Waals surface area contributed by atoms with Gasteiger partial charge in [0.15, 0.2) is 0 Å². The molecule has 704 valence electrons. The summed E-state index contributed by atoms with van der Waals surface area (Å²) in [6.07, 6.45) is -5.77. The van der Waals surface area contributed by atoms with Crippen molar-refractivity contribution >= 4 is 119 Å². The summed E-state index contributed by atoms with van der Waals surface area (Å²) in [6, 6.07) is 76.0. The number of para-hydroxylation sites is 1. The van der Waals surface area contributed by atoms with Gasteiger partial charge in [-0.2, -0.15) is 21.6 Å². The number of nitrogens with zero attached hydrogens (tertiary/aromatic N) is 4. The van der Waals surface area contributed by atoms with Gasteiger partial charge < -0.3 is 34.0 Å². The van der Waals surface area contributed by atoms with Gasteiger partial charge in [-0.15, -0.1) is 89.0 Å². The molecule has 0 aliphatic carbocycles. The minimum atomic E-state index is -5.84. The van der Waals surface area contributed by atoms with E-state index in [0.29, 0.717) is 56.2 Å². The number of aromatic nitrogens is 4. The Bertz CT molecular complexity index is 7930. The quantitative estimate of drug-likeness (QED) is 0.0441. The summed E-state index contributed by atoms with van der Waals surface area (Å²) >= 11 is 0. The summed E-state index contributed by atoms with van der Waals surface area (Å²) in [5.74, 6) is 0. The van der Waals surface area contributed by atoms with Crippen molar-refractivity contribution in [3.05, 3.63) is 311 Å². The normalized spacial score (nSPS) is 15.7. The summed E-state index contributed by atoms with van der Waals surface area (Å²) < 4.78 is 270. The van der Waals surface area contributed by atoms with Crippen LogP contribution in [-0.4, -0.2) is 62.8 Å². The second-order valence-corrected chi connectivity index (χ2v) is 39.4. The summed E-state index contributed by atoms with van der Waals surface area (Å²) in [7, 11) is -3.59. The van der Waals surface area contributed by atoms with Crippen LogP contribution in [0.15, 0.2) is 246 Å². The largest absolute Gasteiger partial charge is 0.522 e. The molecule has 0 saturated heterocycles. The van der Waals surface area contributed by atoms with Crippen molar-refractivity contribution in [3.63, 3.8) is 0 Å². The third-order valence-electron chi connectivity index (χ3n) is 20.3. The van der Waals surface area contributed by atoms with Crippen molar-refractivity contribution in [1.82, 2.24) is 19.9 Å². The average Bonchev–Trinajstić information content (AvgIpc) is 1.56. The number of benzene rings is 12. The maximum atomic E-state index is 10.7. The first kappa shape index (κ1) is 75.5. The van der Waals surface area contributed by atoms with E-state index < -0.39 is 114 Å². The smallest absolute Gasteiger partial charge is 0.501 e. The summed E-state index contributed by atoms with van der Waals surface area (Å²) in [5, 5.41) is 30.4. The van der Waals surface area contributed by atoms with Gasteiger partial charge >= 0.3 is 15.6 Å². The van der Waals surface area contributed by atoms with Crippen LogP contribution in [0.3, 0.4) is 0 Å². The number of hydrogen-bond donors (Lipinski definition) is 2. The number of fused-ring (bicyclic) bond motifs is 20. The second kappa shape index (κ2) is 42.7. The fourth-order valence-corrected chi connectivity index (χ4v) is 15.5. The molecule has 18 rings (SSSR count). The van der Waals surface area contributed by atoms with E-state index in [1.165, 1.54) is 88.5 Å². The molecule has 134 heavy (non-hydrogen) atoms. The van der Waals surface area contributed by atoms with Crippen LogP contribution in [0.25, 0.3) is 154 Å². The number of pyridine rings is 4. The first-order valence-electron chi connectivity index (χ1n) is 55.0. The number of furan rings is 2. The fraction of sp³-hybridized carbons (Fsp3) is 0.316. The topological polar surface area (TPSA) is 175 Å². The van der Waals surface area contributed by atoms with E-state index in [0.717, 1.165) is 72.1 Å². The van der Waals surface area contributed by atoms with Gasteiger partial charge in [0.25, 0.3) is 0 Å². The number of rotatable bonds is 10. The Morgan fingerprint density at radius 1 is 0.358 bits per heavy atom. The zero-order valence-electron chi connectivity index (χ0n) is 103. The van der Waals surface area contributed by atoms with Crippen LogP contribution in [-0.2, 0) is 88.6 Å². The van der Waals surface area contributed by atoms with E-state index in [-0.39, 0.29) is 95.8 Å². The first-order valence-corrected chi connectivity index (χ1v) is 44.4. The van der Waals surface area contributed by atoms with Gasteiger partial charge in [-0.1, -0.05) is 288 Å². The number of aliphatic hydroxyl groups excluding tert-OH is 1. The van der Waals surface area contributed by atoms with Gasteiger partial charge in [0, 0.05) is 138 Å². The molecule has 18 aromatic rings.